The molecule has 4 heteroatoms. The molecule has 0 aromatic carbocycles. The number of unbranched alkanes of at least 4 members (excludes halogenated alkanes) is 31. The smallest absolute Gasteiger partial charge is 0.220 e. The molecule has 0 spiro atoms. The van der Waals surface area contributed by atoms with E-state index >= 15 is 0 Å². The summed E-state index contributed by atoms with van der Waals surface area (Å²) in [5, 5.41) is 22.8. The van der Waals surface area contributed by atoms with Gasteiger partial charge >= 0.3 is 0 Å². The van der Waals surface area contributed by atoms with Crippen LogP contribution in [0.5, 0.6) is 0 Å². The van der Waals surface area contributed by atoms with E-state index in [2.05, 4.69) is 67.8 Å². The van der Waals surface area contributed by atoms with Crippen molar-refractivity contribution in [3.63, 3.8) is 0 Å². The fraction of sp³-hybridized carbons (Fsp3) is 0.796. The monoisotopic (exact) mass is 810 g/mol. The minimum Gasteiger partial charge on any atom is -0.394 e. The Balaban J connectivity index is 3.34. The molecule has 3 N–H and O–H groups in total. The van der Waals surface area contributed by atoms with Crippen LogP contribution in [0.3, 0.4) is 0 Å². The van der Waals surface area contributed by atoms with Crippen LogP contribution >= 0.6 is 0 Å². The maximum atomic E-state index is 12.3. The summed E-state index contributed by atoms with van der Waals surface area (Å²) in [6.45, 7) is 4.15. The molecule has 1 amide bonds. The van der Waals surface area contributed by atoms with Crippen LogP contribution in [0.4, 0.5) is 0 Å². The standard InChI is InChI=1S/C54H99NO3/c1-3-5-7-9-11-12-13-14-15-16-17-18-19-20-21-22-23-24-25-26-27-28-29-30-31-32-33-34-35-36-37-38-39-40-41-42-44-46-48-50-54(58)55-52(51-56)53(57)49-47-45-43-10-8-6-4-2/h5,7,11-12,14-15,17-18,47,49,52-53,56-57H,3-4,6,8-10,13,16,19-46,48,50-51H2,1-2H3,(H,55,58)/b7-5-,12-11-,15-14-,18-17-,49-47+. The summed E-state index contributed by atoms with van der Waals surface area (Å²) in [5.41, 5.74) is 0. The van der Waals surface area contributed by atoms with Crippen molar-refractivity contribution in [2.75, 3.05) is 6.61 Å². The molecule has 338 valence electrons. The molecule has 2 atom stereocenters. The van der Waals surface area contributed by atoms with Gasteiger partial charge in [-0.2, -0.15) is 0 Å². The summed E-state index contributed by atoms with van der Waals surface area (Å²) < 4.78 is 0. The van der Waals surface area contributed by atoms with Crippen molar-refractivity contribution < 1.29 is 15.0 Å². The first kappa shape index (κ1) is 56.1. The van der Waals surface area contributed by atoms with Gasteiger partial charge in [-0.1, -0.05) is 254 Å². The molecule has 0 aliphatic heterocycles. The maximum Gasteiger partial charge on any atom is 0.220 e. The van der Waals surface area contributed by atoms with Crippen molar-refractivity contribution in [3.8, 4) is 0 Å². The minimum absolute atomic E-state index is 0.0658. The number of carbonyl (C=O) groups is 1. The van der Waals surface area contributed by atoms with E-state index in [-0.39, 0.29) is 12.5 Å². The van der Waals surface area contributed by atoms with Gasteiger partial charge in [0.15, 0.2) is 0 Å². The lowest BCUT2D eigenvalue weighted by atomic mass is 10.0. The first-order valence-electron chi connectivity index (χ1n) is 25.5. The Morgan fingerprint density at radius 1 is 0.431 bits per heavy atom. The number of carbonyl (C=O) groups excluding carboxylic acids is 1. The van der Waals surface area contributed by atoms with Gasteiger partial charge in [-0.05, 0) is 57.8 Å². The van der Waals surface area contributed by atoms with Gasteiger partial charge in [0.05, 0.1) is 18.8 Å². The molecule has 0 heterocycles. The van der Waals surface area contributed by atoms with E-state index in [9.17, 15) is 15.0 Å². The average molecular weight is 810 g/mol. The molecular weight excluding hydrogens is 711 g/mol. The van der Waals surface area contributed by atoms with Gasteiger partial charge in [0.1, 0.15) is 0 Å². The van der Waals surface area contributed by atoms with Crippen molar-refractivity contribution in [2.45, 2.75) is 270 Å². The van der Waals surface area contributed by atoms with E-state index in [1.54, 1.807) is 6.08 Å². The lowest BCUT2D eigenvalue weighted by Crippen LogP contribution is -2.45. The van der Waals surface area contributed by atoms with Crippen LogP contribution in [-0.4, -0.2) is 34.9 Å². The second-order valence-electron chi connectivity index (χ2n) is 17.2. The van der Waals surface area contributed by atoms with Crippen LogP contribution in [0.2, 0.25) is 0 Å². The van der Waals surface area contributed by atoms with Gasteiger partial charge in [-0.25, -0.2) is 0 Å². The zero-order valence-electron chi connectivity index (χ0n) is 38.8. The number of hydrogen-bond acceptors (Lipinski definition) is 3. The topological polar surface area (TPSA) is 69.6 Å². The molecule has 0 radical (unpaired) electrons. The Kier molecular flexibility index (Phi) is 47.8. The molecular formula is C54H99NO3. The molecule has 0 aliphatic carbocycles. The van der Waals surface area contributed by atoms with Crippen LogP contribution in [0.15, 0.2) is 60.8 Å². The highest BCUT2D eigenvalue weighted by molar-refractivity contribution is 5.76. The van der Waals surface area contributed by atoms with Crippen molar-refractivity contribution in [2.24, 2.45) is 0 Å². The van der Waals surface area contributed by atoms with Gasteiger partial charge in [-0.3, -0.25) is 4.79 Å². The number of rotatable bonds is 46. The van der Waals surface area contributed by atoms with Crippen molar-refractivity contribution in [1.29, 1.82) is 0 Å². The normalized spacial score (nSPS) is 13.4. The molecule has 0 saturated heterocycles. The molecule has 0 bridgehead atoms. The van der Waals surface area contributed by atoms with Crippen molar-refractivity contribution >= 4 is 5.91 Å². The second kappa shape index (κ2) is 49.5. The van der Waals surface area contributed by atoms with Crippen LogP contribution < -0.4 is 5.32 Å². The van der Waals surface area contributed by atoms with Crippen molar-refractivity contribution in [1.82, 2.24) is 5.32 Å². The van der Waals surface area contributed by atoms with Crippen LogP contribution in [-0.2, 0) is 4.79 Å². The molecule has 2 unspecified atom stereocenters. The number of hydrogen-bond donors (Lipinski definition) is 3. The third-order valence-corrected chi connectivity index (χ3v) is 11.5. The third kappa shape index (κ3) is 45.2. The summed E-state index contributed by atoms with van der Waals surface area (Å²) >= 11 is 0. The van der Waals surface area contributed by atoms with E-state index in [0.29, 0.717) is 6.42 Å². The predicted octanol–water partition coefficient (Wildman–Crippen LogP) is 16.5. The molecule has 0 aromatic heterocycles. The molecule has 0 fully saturated rings. The Morgan fingerprint density at radius 2 is 0.759 bits per heavy atom. The number of aliphatic hydroxyl groups excluding tert-OH is 2. The fourth-order valence-corrected chi connectivity index (χ4v) is 7.64. The first-order chi connectivity index (χ1) is 28.7. The molecule has 0 aliphatic rings. The molecule has 0 rings (SSSR count). The Labute approximate surface area is 362 Å². The van der Waals surface area contributed by atoms with Crippen LogP contribution in [0.25, 0.3) is 0 Å². The second-order valence-corrected chi connectivity index (χ2v) is 17.2. The van der Waals surface area contributed by atoms with Crippen molar-refractivity contribution in [3.05, 3.63) is 60.8 Å². The highest BCUT2D eigenvalue weighted by Gasteiger charge is 2.18. The Bertz CT molecular complexity index is 965. The number of nitrogens with one attached hydrogen (secondary N) is 1. The highest BCUT2D eigenvalue weighted by atomic mass is 16.3. The van der Waals surface area contributed by atoms with E-state index in [4.69, 9.17) is 0 Å². The van der Waals surface area contributed by atoms with Gasteiger partial charge in [0, 0.05) is 6.42 Å². The quantitative estimate of drug-likeness (QED) is 0.0424. The zero-order valence-corrected chi connectivity index (χ0v) is 38.8. The molecule has 58 heavy (non-hydrogen) atoms. The lowest BCUT2D eigenvalue weighted by Gasteiger charge is -2.20. The van der Waals surface area contributed by atoms with Gasteiger partial charge in [0.25, 0.3) is 0 Å². The molecule has 0 saturated carbocycles. The van der Waals surface area contributed by atoms with E-state index in [1.807, 2.05) is 6.08 Å². The maximum absolute atomic E-state index is 12.3. The number of allylic oxidation sites excluding steroid dienone is 9. The summed E-state index contributed by atoms with van der Waals surface area (Å²) in [6.07, 6.45) is 69.7. The number of aliphatic hydroxyl groups is 2. The summed E-state index contributed by atoms with van der Waals surface area (Å²) in [4.78, 5) is 12.3. The third-order valence-electron chi connectivity index (χ3n) is 11.5. The Morgan fingerprint density at radius 3 is 1.14 bits per heavy atom. The minimum atomic E-state index is -0.834. The Hall–Kier alpha value is -1.91. The zero-order chi connectivity index (χ0) is 42.1. The summed E-state index contributed by atoms with van der Waals surface area (Å²) in [5.74, 6) is -0.0658. The summed E-state index contributed by atoms with van der Waals surface area (Å²) in [6, 6.07) is -0.617. The van der Waals surface area contributed by atoms with Gasteiger partial charge in [-0.15, -0.1) is 0 Å². The van der Waals surface area contributed by atoms with Gasteiger partial charge in [0.2, 0.25) is 5.91 Å². The van der Waals surface area contributed by atoms with E-state index < -0.39 is 12.1 Å². The number of amides is 1. The van der Waals surface area contributed by atoms with E-state index in [0.717, 1.165) is 51.4 Å². The predicted molar refractivity (Wildman–Crippen MR) is 258 cm³/mol. The highest BCUT2D eigenvalue weighted by Crippen LogP contribution is 2.17. The molecule has 4 nitrogen and oxygen atoms in total. The molecule has 0 aromatic rings. The SMILES string of the molecule is CC/C=C\C/C=C\C/C=C\C/C=C\CCCCCCCCCCCCCCCCCCCCCCCCCCCCC(=O)NC(CO)C(O)/C=C/CCCCCCC. The average Bonchev–Trinajstić information content (AvgIpc) is 3.23. The van der Waals surface area contributed by atoms with Crippen LogP contribution in [0.1, 0.15) is 258 Å². The summed E-state index contributed by atoms with van der Waals surface area (Å²) in [7, 11) is 0. The van der Waals surface area contributed by atoms with Crippen LogP contribution in [0, 0.1) is 0 Å². The van der Waals surface area contributed by atoms with E-state index in [1.165, 1.54) is 186 Å². The lowest BCUT2D eigenvalue weighted by molar-refractivity contribution is -0.123. The first-order valence-corrected chi connectivity index (χ1v) is 25.5. The largest absolute Gasteiger partial charge is 0.394 e. The fourth-order valence-electron chi connectivity index (χ4n) is 7.64. The van der Waals surface area contributed by atoms with Gasteiger partial charge < -0.3 is 15.5 Å².